The first kappa shape index (κ1) is 13.8. The van der Waals surface area contributed by atoms with Crippen molar-refractivity contribution in [2.24, 2.45) is 0 Å². The molecule has 4 nitrogen and oxygen atoms in total. The lowest BCUT2D eigenvalue weighted by atomic mass is 10.2. The average Bonchev–Trinajstić information content (AvgIpc) is 2.28. The predicted octanol–water partition coefficient (Wildman–Crippen LogP) is 3.29. The largest absolute Gasteiger partial charge is 0.376 e. The number of rotatable bonds is 6. The van der Waals surface area contributed by atoms with Crippen molar-refractivity contribution in [2.75, 3.05) is 17.3 Å². The summed E-state index contributed by atoms with van der Waals surface area (Å²) in [6.07, 6.45) is 2.79. The molecule has 0 amide bonds. The third-order valence-electron chi connectivity index (χ3n) is 2.38. The van der Waals surface area contributed by atoms with Crippen LogP contribution >= 0.6 is 11.8 Å². The van der Waals surface area contributed by atoms with E-state index in [1.165, 1.54) is 12.1 Å². The Kier molecular flexibility index (Phi) is 5.21. The first-order valence-electron chi connectivity index (χ1n) is 5.27. The summed E-state index contributed by atoms with van der Waals surface area (Å²) in [6.45, 7) is 1.99. The molecule has 0 radical (unpaired) electrons. The van der Waals surface area contributed by atoms with Crippen LogP contribution in [-0.4, -0.2) is 23.0 Å². The Hall–Kier alpha value is -1.30. The fourth-order valence-electron chi connectivity index (χ4n) is 1.47. The van der Waals surface area contributed by atoms with E-state index in [1.807, 2.05) is 13.2 Å². The molecule has 0 aliphatic heterocycles. The van der Waals surface area contributed by atoms with E-state index in [2.05, 4.69) is 5.32 Å². The van der Waals surface area contributed by atoms with Crippen molar-refractivity contribution in [3.63, 3.8) is 0 Å². The van der Waals surface area contributed by atoms with Gasteiger partial charge in [-0.2, -0.15) is 11.8 Å². The number of nitrogens with zero attached hydrogens (tertiary/aromatic N) is 1. The summed E-state index contributed by atoms with van der Waals surface area (Å²) in [7, 11) is 0. The van der Waals surface area contributed by atoms with Crippen molar-refractivity contribution >= 4 is 23.1 Å². The molecular weight excluding hydrogens is 243 g/mol. The molecule has 1 unspecified atom stereocenters. The van der Waals surface area contributed by atoms with Gasteiger partial charge in [0.1, 0.15) is 11.5 Å². The van der Waals surface area contributed by atoms with Gasteiger partial charge in [-0.1, -0.05) is 6.92 Å². The summed E-state index contributed by atoms with van der Waals surface area (Å²) in [5.74, 6) is 0.349. The van der Waals surface area contributed by atoms with Crippen LogP contribution < -0.4 is 5.32 Å². The topological polar surface area (TPSA) is 55.2 Å². The minimum Gasteiger partial charge on any atom is -0.376 e. The van der Waals surface area contributed by atoms with Crippen LogP contribution in [0, 0.1) is 15.9 Å². The van der Waals surface area contributed by atoms with Gasteiger partial charge in [-0.25, -0.2) is 4.39 Å². The minimum absolute atomic E-state index is 0.0917. The number of thioether (sulfide) groups is 1. The maximum Gasteiger partial charge on any atom is 0.292 e. The number of hydrogen-bond acceptors (Lipinski definition) is 4. The molecular formula is C11H15FN2O2S. The van der Waals surface area contributed by atoms with E-state index in [0.29, 0.717) is 0 Å². The summed E-state index contributed by atoms with van der Waals surface area (Å²) in [6, 6.07) is 3.55. The number of hydrogen-bond donors (Lipinski definition) is 1. The highest BCUT2D eigenvalue weighted by atomic mass is 32.2. The van der Waals surface area contributed by atoms with Gasteiger partial charge in [0.2, 0.25) is 0 Å². The molecule has 94 valence electrons. The molecule has 0 aliphatic carbocycles. The molecule has 17 heavy (non-hydrogen) atoms. The van der Waals surface area contributed by atoms with E-state index in [0.717, 1.165) is 18.2 Å². The standard InChI is InChI=1S/C11H15FN2O2S/c1-3-9(7-17-2)13-10-6-8(12)4-5-11(10)14(15)16/h4-6,9,13H,3,7H2,1-2H3. The highest BCUT2D eigenvalue weighted by Gasteiger charge is 2.16. The predicted molar refractivity (Wildman–Crippen MR) is 69.1 cm³/mol. The Morgan fingerprint density at radius 2 is 2.29 bits per heavy atom. The van der Waals surface area contributed by atoms with Crippen molar-refractivity contribution < 1.29 is 9.31 Å². The fraction of sp³-hybridized carbons (Fsp3) is 0.455. The first-order valence-corrected chi connectivity index (χ1v) is 6.67. The fourth-order valence-corrected chi connectivity index (χ4v) is 2.19. The third-order valence-corrected chi connectivity index (χ3v) is 3.11. The molecule has 1 atom stereocenters. The molecule has 6 heteroatoms. The Morgan fingerprint density at radius 1 is 1.59 bits per heavy atom. The van der Waals surface area contributed by atoms with Gasteiger partial charge in [-0.15, -0.1) is 0 Å². The van der Waals surface area contributed by atoms with E-state index in [-0.39, 0.29) is 17.4 Å². The molecule has 0 fully saturated rings. The van der Waals surface area contributed by atoms with Crippen molar-refractivity contribution in [2.45, 2.75) is 19.4 Å². The second-order valence-electron chi connectivity index (χ2n) is 3.62. The highest BCUT2D eigenvalue weighted by Crippen LogP contribution is 2.26. The molecule has 1 aromatic rings. The molecule has 0 aromatic heterocycles. The molecule has 0 heterocycles. The van der Waals surface area contributed by atoms with Crippen LogP contribution in [0.15, 0.2) is 18.2 Å². The molecule has 0 bridgehead atoms. The normalized spacial score (nSPS) is 12.2. The monoisotopic (exact) mass is 258 g/mol. The number of halogens is 1. The van der Waals surface area contributed by atoms with E-state index in [4.69, 9.17) is 0 Å². The SMILES string of the molecule is CCC(CSC)Nc1cc(F)ccc1[N+](=O)[O-]. The van der Waals surface area contributed by atoms with Crippen LogP contribution in [-0.2, 0) is 0 Å². The molecule has 0 saturated heterocycles. The van der Waals surface area contributed by atoms with Gasteiger partial charge in [-0.3, -0.25) is 10.1 Å². The first-order chi connectivity index (χ1) is 8.08. The van der Waals surface area contributed by atoms with Crippen LogP contribution in [0.2, 0.25) is 0 Å². The summed E-state index contributed by atoms with van der Waals surface area (Å²) >= 11 is 1.65. The van der Waals surface area contributed by atoms with Gasteiger partial charge in [-0.05, 0) is 18.7 Å². The van der Waals surface area contributed by atoms with Crippen LogP contribution in [0.3, 0.4) is 0 Å². The second kappa shape index (κ2) is 6.44. The van der Waals surface area contributed by atoms with Gasteiger partial charge in [0.25, 0.3) is 5.69 Å². The van der Waals surface area contributed by atoms with Crippen molar-refractivity contribution in [3.05, 3.63) is 34.1 Å². The maximum atomic E-state index is 13.1. The van der Waals surface area contributed by atoms with Gasteiger partial charge in [0, 0.05) is 23.9 Å². The number of nitro benzene ring substituents is 1. The van der Waals surface area contributed by atoms with E-state index in [1.54, 1.807) is 11.8 Å². The minimum atomic E-state index is -0.506. The number of anilines is 1. The summed E-state index contributed by atoms with van der Waals surface area (Å²) in [4.78, 5) is 10.3. The van der Waals surface area contributed by atoms with Crippen molar-refractivity contribution in [1.82, 2.24) is 0 Å². The Morgan fingerprint density at radius 3 is 2.82 bits per heavy atom. The van der Waals surface area contributed by atoms with Crippen LogP contribution in [0.25, 0.3) is 0 Å². The van der Waals surface area contributed by atoms with E-state index >= 15 is 0 Å². The molecule has 0 aliphatic rings. The quantitative estimate of drug-likeness (QED) is 0.628. The molecule has 1 aromatic carbocycles. The Balaban J connectivity index is 2.94. The molecule has 0 saturated carbocycles. The Bertz CT molecular complexity index is 401. The lowest BCUT2D eigenvalue weighted by Gasteiger charge is -2.17. The number of nitro groups is 1. The van der Waals surface area contributed by atoms with Crippen LogP contribution in [0.4, 0.5) is 15.8 Å². The molecule has 1 N–H and O–H groups in total. The van der Waals surface area contributed by atoms with Crippen LogP contribution in [0.1, 0.15) is 13.3 Å². The van der Waals surface area contributed by atoms with Crippen molar-refractivity contribution in [1.29, 1.82) is 0 Å². The summed E-state index contributed by atoms with van der Waals surface area (Å²) in [5.41, 5.74) is 0.154. The van der Waals surface area contributed by atoms with Gasteiger partial charge < -0.3 is 5.32 Å². The maximum absolute atomic E-state index is 13.1. The zero-order valence-electron chi connectivity index (χ0n) is 9.77. The molecule has 1 rings (SSSR count). The third kappa shape index (κ3) is 3.89. The lowest BCUT2D eigenvalue weighted by Crippen LogP contribution is -2.21. The second-order valence-corrected chi connectivity index (χ2v) is 4.53. The Labute approximate surface area is 104 Å². The smallest absolute Gasteiger partial charge is 0.292 e. The lowest BCUT2D eigenvalue weighted by molar-refractivity contribution is -0.384. The van der Waals surface area contributed by atoms with Gasteiger partial charge >= 0.3 is 0 Å². The summed E-state index contributed by atoms with van der Waals surface area (Å²) in [5, 5.41) is 13.8. The number of nitrogens with one attached hydrogen (secondary N) is 1. The number of benzene rings is 1. The van der Waals surface area contributed by atoms with E-state index in [9.17, 15) is 14.5 Å². The van der Waals surface area contributed by atoms with Gasteiger partial charge in [0.15, 0.2) is 0 Å². The zero-order valence-corrected chi connectivity index (χ0v) is 10.6. The highest BCUT2D eigenvalue weighted by molar-refractivity contribution is 7.98. The zero-order chi connectivity index (χ0) is 12.8. The van der Waals surface area contributed by atoms with Gasteiger partial charge in [0.05, 0.1) is 4.92 Å². The summed E-state index contributed by atoms with van der Waals surface area (Å²) < 4.78 is 13.1. The van der Waals surface area contributed by atoms with Crippen LogP contribution in [0.5, 0.6) is 0 Å². The van der Waals surface area contributed by atoms with Crippen molar-refractivity contribution in [3.8, 4) is 0 Å². The average molecular weight is 258 g/mol. The molecule has 0 spiro atoms. The van der Waals surface area contributed by atoms with E-state index < -0.39 is 10.7 Å².